The zero-order chi connectivity index (χ0) is 22.9. The van der Waals surface area contributed by atoms with Crippen LogP contribution in [-0.2, 0) is 9.59 Å². The van der Waals surface area contributed by atoms with E-state index in [2.05, 4.69) is 5.32 Å². The van der Waals surface area contributed by atoms with Gasteiger partial charge in [0.1, 0.15) is 11.3 Å². The van der Waals surface area contributed by atoms with Crippen molar-refractivity contribution in [2.24, 2.45) is 5.92 Å². The predicted octanol–water partition coefficient (Wildman–Crippen LogP) is 5.12. The Balaban J connectivity index is 1.84. The zero-order valence-corrected chi connectivity index (χ0v) is 20.0. The van der Waals surface area contributed by atoms with Crippen LogP contribution >= 0.6 is 0 Å². The number of urea groups is 1. The van der Waals surface area contributed by atoms with Gasteiger partial charge in [-0.3, -0.25) is 9.69 Å². The summed E-state index contributed by atoms with van der Waals surface area (Å²) in [6.45, 7) is 3.50. The van der Waals surface area contributed by atoms with Crippen LogP contribution in [0.4, 0.5) is 4.79 Å². The molecule has 0 aromatic heterocycles. The molecule has 31 heavy (non-hydrogen) atoms. The SMILES string of the molecule is CC(=O)CCCCCCCC1(CCC(C)(O)CCC2CCCCC2)NC(=O)N(C)C1=O. The van der Waals surface area contributed by atoms with Crippen molar-refractivity contribution in [3.63, 3.8) is 0 Å². The highest BCUT2D eigenvalue weighted by atomic mass is 16.3. The maximum Gasteiger partial charge on any atom is 0.324 e. The van der Waals surface area contributed by atoms with E-state index in [-0.39, 0.29) is 17.7 Å². The maximum atomic E-state index is 12.9. The van der Waals surface area contributed by atoms with Crippen LogP contribution in [0.5, 0.6) is 0 Å². The van der Waals surface area contributed by atoms with Crippen molar-refractivity contribution in [3.05, 3.63) is 0 Å². The lowest BCUT2D eigenvalue weighted by molar-refractivity contribution is -0.131. The van der Waals surface area contributed by atoms with Crippen LogP contribution in [0.3, 0.4) is 0 Å². The number of likely N-dealkylation sites (N-methyl/N-ethyl adjacent to an activating group) is 1. The fourth-order valence-electron chi connectivity index (χ4n) is 5.15. The molecule has 1 saturated heterocycles. The topological polar surface area (TPSA) is 86.7 Å². The molecule has 3 amide bonds. The molecule has 6 nitrogen and oxygen atoms in total. The number of nitrogens with zero attached hydrogens (tertiary/aromatic N) is 1. The van der Waals surface area contributed by atoms with Crippen LogP contribution in [0.15, 0.2) is 0 Å². The molecule has 1 saturated carbocycles. The van der Waals surface area contributed by atoms with Gasteiger partial charge in [0, 0.05) is 13.5 Å². The molecule has 2 aliphatic rings. The summed E-state index contributed by atoms with van der Waals surface area (Å²) >= 11 is 0. The van der Waals surface area contributed by atoms with Crippen molar-refractivity contribution >= 4 is 17.7 Å². The van der Waals surface area contributed by atoms with E-state index in [9.17, 15) is 19.5 Å². The van der Waals surface area contributed by atoms with Crippen LogP contribution in [0.1, 0.15) is 117 Å². The quantitative estimate of drug-likeness (QED) is 0.292. The summed E-state index contributed by atoms with van der Waals surface area (Å²) in [6.07, 6.45) is 15.3. The number of amides is 3. The van der Waals surface area contributed by atoms with Gasteiger partial charge in [-0.1, -0.05) is 57.8 Å². The van der Waals surface area contributed by atoms with E-state index in [1.807, 2.05) is 6.92 Å². The minimum Gasteiger partial charge on any atom is -0.390 e. The number of Topliss-reactive ketones (excluding diaryl/α,β-unsaturated/α-hetero) is 1. The van der Waals surface area contributed by atoms with E-state index < -0.39 is 11.1 Å². The van der Waals surface area contributed by atoms with E-state index in [4.69, 9.17) is 0 Å². The number of imide groups is 1. The maximum absolute atomic E-state index is 12.9. The Morgan fingerprint density at radius 2 is 1.71 bits per heavy atom. The van der Waals surface area contributed by atoms with Gasteiger partial charge in [0.2, 0.25) is 0 Å². The molecule has 1 aliphatic carbocycles. The van der Waals surface area contributed by atoms with E-state index in [0.29, 0.717) is 25.7 Å². The molecule has 2 unspecified atom stereocenters. The minimum absolute atomic E-state index is 0.169. The highest BCUT2D eigenvalue weighted by molar-refractivity contribution is 6.06. The second-order valence-electron chi connectivity index (χ2n) is 10.4. The average Bonchev–Trinajstić information content (AvgIpc) is 2.95. The lowest BCUT2D eigenvalue weighted by Crippen LogP contribution is -2.48. The first kappa shape index (κ1) is 25.8. The summed E-state index contributed by atoms with van der Waals surface area (Å²) in [7, 11) is 1.53. The van der Waals surface area contributed by atoms with Gasteiger partial charge in [-0.25, -0.2) is 4.79 Å². The van der Waals surface area contributed by atoms with Crippen LogP contribution in [0.25, 0.3) is 0 Å². The third-order valence-corrected chi connectivity index (χ3v) is 7.40. The Labute approximate surface area is 188 Å². The first-order chi connectivity index (χ1) is 14.7. The van der Waals surface area contributed by atoms with Crippen LogP contribution in [0, 0.1) is 5.92 Å². The molecule has 0 aromatic rings. The molecular formula is C25H44N2O4. The van der Waals surface area contributed by atoms with Crippen molar-refractivity contribution < 1.29 is 19.5 Å². The van der Waals surface area contributed by atoms with Gasteiger partial charge in [-0.15, -0.1) is 0 Å². The van der Waals surface area contributed by atoms with Crippen molar-refractivity contribution in [1.29, 1.82) is 0 Å². The number of hydrogen-bond donors (Lipinski definition) is 2. The first-order valence-electron chi connectivity index (χ1n) is 12.5. The molecule has 1 heterocycles. The summed E-state index contributed by atoms with van der Waals surface area (Å²) in [6, 6.07) is -0.340. The van der Waals surface area contributed by atoms with Gasteiger partial charge in [0.05, 0.1) is 5.60 Å². The summed E-state index contributed by atoms with van der Waals surface area (Å²) in [4.78, 5) is 37.3. The van der Waals surface area contributed by atoms with Gasteiger partial charge in [-0.05, 0) is 58.3 Å². The molecule has 0 aromatic carbocycles. The van der Waals surface area contributed by atoms with Crippen molar-refractivity contribution in [3.8, 4) is 0 Å². The molecule has 2 atom stereocenters. The Hall–Kier alpha value is -1.43. The number of ketones is 1. The van der Waals surface area contributed by atoms with Gasteiger partial charge < -0.3 is 15.2 Å². The molecule has 6 heteroatoms. The van der Waals surface area contributed by atoms with Gasteiger partial charge >= 0.3 is 6.03 Å². The Morgan fingerprint density at radius 1 is 1.06 bits per heavy atom. The fraction of sp³-hybridized carbons (Fsp3) is 0.880. The molecule has 0 spiro atoms. The summed E-state index contributed by atoms with van der Waals surface area (Å²) in [5, 5.41) is 13.9. The Morgan fingerprint density at radius 3 is 2.32 bits per heavy atom. The lowest BCUT2D eigenvalue weighted by atomic mass is 9.79. The predicted molar refractivity (Wildman–Crippen MR) is 123 cm³/mol. The highest BCUT2D eigenvalue weighted by Gasteiger charge is 2.49. The van der Waals surface area contributed by atoms with Crippen LogP contribution in [-0.4, -0.2) is 45.9 Å². The van der Waals surface area contributed by atoms with Crippen molar-refractivity contribution in [1.82, 2.24) is 10.2 Å². The molecule has 2 rings (SSSR count). The molecule has 0 bridgehead atoms. The fourth-order valence-corrected chi connectivity index (χ4v) is 5.15. The highest BCUT2D eigenvalue weighted by Crippen LogP contribution is 2.34. The summed E-state index contributed by atoms with van der Waals surface area (Å²) in [5.74, 6) is 0.782. The average molecular weight is 437 g/mol. The van der Waals surface area contributed by atoms with Gasteiger partial charge in [-0.2, -0.15) is 0 Å². The number of rotatable bonds is 14. The van der Waals surface area contributed by atoms with Crippen molar-refractivity contribution in [2.45, 2.75) is 128 Å². The zero-order valence-electron chi connectivity index (χ0n) is 20.0. The third kappa shape index (κ3) is 8.21. The third-order valence-electron chi connectivity index (χ3n) is 7.40. The van der Waals surface area contributed by atoms with Crippen LogP contribution < -0.4 is 5.32 Å². The number of nitrogens with one attached hydrogen (secondary N) is 1. The number of carbonyl (C=O) groups excluding carboxylic acids is 3. The monoisotopic (exact) mass is 436 g/mol. The van der Waals surface area contributed by atoms with Crippen molar-refractivity contribution in [2.75, 3.05) is 7.05 Å². The van der Waals surface area contributed by atoms with E-state index >= 15 is 0 Å². The molecule has 1 aliphatic heterocycles. The summed E-state index contributed by atoms with van der Waals surface area (Å²) in [5.41, 5.74) is -1.71. The molecule has 2 N–H and O–H groups in total. The van der Waals surface area contributed by atoms with E-state index in [1.54, 1.807) is 6.92 Å². The van der Waals surface area contributed by atoms with Gasteiger partial charge in [0.15, 0.2) is 0 Å². The molecule has 0 radical (unpaired) electrons. The Bertz CT molecular complexity index is 613. The normalized spacial score (nSPS) is 24.3. The largest absolute Gasteiger partial charge is 0.390 e. The number of unbranched alkanes of at least 4 members (excludes halogenated alkanes) is 4. The summed E-state index contributed by atoms with van der Waals surface area (Å²) < 4.78 is 0. The first-order valence-corrected chi connectivity index (χ1v) is 12.5. The lowest BCUT2D eigenvalue weighted by Gasteiger charge is -2.32. The van der Waals surface area contributed by atoms with E-state index in [1.165, 1.54) is 44.1 Å². The second kappa shape index (κ2) is 12.0. The smallest absolute Gasteiger partial charge is 0.324 e. The van der Waals surface area contributed by atoms with Gasteiger partial charge in [0.25, 0.3) is 5.91 Å². The minimum atomic E-state index is -0.889. The number of hydrogen-bond acceptors (Lipinski definition) is 4. The molecule has 2 fully saturated rings. The second-order valence-corrected chi connectivity index (χ2v) is 10.4. The number of carbonyl (C=O) groups is 3. The standard InChI is InChI=1S/C25H44N2O4/c1-20(28)12-8-5-4-6-11-16-25(22(29)27(3)23(30)26-25)19-18-24(2,31)17-15-21-13-9-7-10-14-21/h21,31H,4-19H2,1-3H3,(H,26,30). The molecule has 178 valence electrons. The Kier molecular flexibility index (Phi) is 9.98. The van der Waals surface area contributed by atoms with Crippen LogP contribution in [0.2, 0.25) is 0 Å². The molecular weight excluding hydrogens is 392 g/mol. The van der Waals surface area contributed by atoms with E-state index in [0.717, 1.165) is 50.9 Å². The number of aliphatic hydroxyl groups is 1.